The highest BCUT2D eigenvalue weighted by Gasteiger charge is 1.98. The van der Waals surface area contributed by atoms with Crippen molar-refractivity contribution in [1.29, 1.82) is 0 Å². The molecule has 0 aliphatic rings. The molecular weight excluding hydrogens is 174 g/mol. The van der Waals surface area contributed by atoms with Crippen molar-refractivity contribution in [2.75, 3.05) is 0 Å². The third-order valence-corrected chi connectivity index (χ3v) is 2.01. The van der Waals surface area contributed by atoms with Crippen LogP contribution in [0.3, 0.4) is 0 Å². The smallest absolute Gasteiger partial charge is 0.249 e. The number of hydrogen-bond acceptors (Lipinski definition) is 1. The molecule has 0 bridgehead atoms. The van der Waals surface area contributed by atoms with Gasteiger partial charge >= 0.3 is 0 Å². The second kappa shape index (κ2) is 2.64. The van der Waals surface area contributed by atoms with E-state index in [-0.39, 0.29) is 5.56 Å². The Kier molecular flexibility index (Phi) is 1.62. The normalized spacial score (nSPS) is 10.4. The van der Waals surface area contributed by atoms with Crippen molar-refractivity contribution in [1.82, 2.24) is 4.98 Å². The summed E-state index contributed by atoms with van der Waals surface area (Å²) >= 11 is 5.84. The third kappa shape index (κ3) is 1.10. The molecule has 0 atom stereocenters. The van der Waals surface area contributed by atoms with Gasteiger partial charge in [0, 0.05) is 17.0 Å². The van der Waals surface area contributed by atoms with Crippen LogP contribution in [0.25, 0.3) is 10.9 Å². The van der Waals surface area contributed by atoms with Gasteiger partial charge < -0.3 is 4.98 Å². The Morgan fingerprint density at radius 3 is 2.83 bits per heavy atom. The number of benzene rings is 1. The minimum absolute atomic E-state index is 0.168. The molecule has 0 spiro atoms. The molecule has 0 fully saturated rings. The summed E-state index contributed by atoms with van der Waals surface area (Å²) in [5, 5.41) is 1.37. The van der Waals surface area contributed by atoms with Crippen molar-refractivity contribution in [2.24, 2.45) is 0 Å². The first kappa shape index (κ1) is 7.37. The van der Waals surface area contributed by atoms with Crippen LogP contribution in [0.1, 0.15) is 0 Å². The lowest BCUT2D eigenvalue weighted by atomic mass is 10.2. The van der Waals surface area contributed by atoms with Crippen molar-refractivity contribution in [3.63, 3.8) is 0 Å². The molecule has 2 rings (SSSR count). The van der Waals surface area contributed by atoms with E-state index in [4.69, 9.17) is 11.6 Å². The van der Waals surface area contributed by atoms with E-state index in [0.29, 0.717) is 5.02 Å². The van der Waals surface area contributed by atoms with Crippen LogP contribution in [0.15, 0.2) is 35.1 Å². The number of aromatic amines is 1. The zero-order chi connectivity index (χ0) is 8.55. The number of H-pyrrole nitrogens is 1. The Hall–Kier alpha value is -1.28. The predicted molar refractivity (Wildman–Crippen MR) is 49.6 cm³/mol. The van der Waals surface area contributed by atoms with Crippen LogP contribution in [-0.2, 0) is 0 Å². The van der Waals surface area contributed by atoms with E-state index < -0.39 is 0 Å². The molecule has 1 heterocycles. The summed E-state index contributed by atoms with van der Waals surface area (Å²) in [6.07, 6.45) is 0. The maximum atomic E-state index is 11.0. The predicted octanol–water partition coefficient (Wildman–Crippen LogP) is 2.18. The summed E-state index contributed by atoms with van der Waals surface area (Å²) < 4.78 is 0. The molecule has 3 heteroatoms. The van der Waals surface area contributed by atoms with E-state index in [9.17, 15) is 4.79 Å². The summed E-state index contributed by atoms with van der Waals surface area (Å²) in [6.45, 7) is 0. The number of halogens is 1. The van der Waals surface area contributed by atoms with Gasteiger partial charge in [0.15, 0.2) is 0 Å². The summed E-state index contributed by atoms with van der Waals surface area (Å²) in [4.78, 5) is 13.7. The molecular formula is C9H6ClNO. The van der Waals surface area contributed by atoms with Crippen LogP contribution in [0, 0.1) is 0 Å². The summed E-state index contributed by atoms with van der Waals surface area (Å²) in [7, 11) is 0. The Bertz CT molecular complexity index is 475. The number of aromatic nitrogens is 1. The first-order valence-corrected chi connectivity index (χ1v) is 3.93. The number of hydrogen-bond donors (Lipinski definition) is 1. The van der Waals surface area contributed by atoms with Gasteiger partial charge in [0.2, 0.25) is 5.56 Å². The SMILES string of the molecule is O=c1cc(Cl)c2ccccc2[nH]1. The second-order valence-corrected chi connectivity index (χ2v) is 2.93. The fourth-order valence-electron chi connectivity index (χ4n) is 1.16. The molecule has 0 aliphatic heterocycles. The van der Waals surface area contributed by atoms with Crippen LogP contribution >= 0.6 is 11.6 Å². The number of fused-ring (bicyclic) bond motifs is 1. The van der Waals surface area contributed by atoms with E-state index in [1.807, 2.05) is 24.3 Å². The van der Waals surface area contributed by atoms with Crippen molar-refractivity contribution in [3.05, 3.63) is 45.7 Å². The van der Waals surface area contributed by atoms with Crippen LogP contribution in [-0.4, -0.2) is 4.98 Å². The molecule has 1 N–H and O–H groups in total. The van der Waals surface area contributed by atoms with Gasteiger partial charge in [-0.05, 0) is 6.07 Å². The molecule has 0 unspecified atom stereocenters. The maximum Gasteiger partial charge on any atom is 0.249 e. The molecule has 2 nitrogen and oxygen atoms in total. The van der Waals surface area contributed by atoms with Gasteiger partial charge in [-0.25, -0.2) is 0 Å². The summed E-state index contributed by atoms with van der Waals surface area (Å²) in [5.74, 6) is 0. The van der Waals surface area contributed by atoms with E-state index in [2.05, 4.69) is 4.98 Å². The molecule has 0 amide bonds. The van der Waals surface area contributed by atoms with Gasteiger partial charge in [-0.1, -0.05) is 29.8 Å². The number of pyridine rings is 1. The van der Waals surface area contributed by atoms with E-state index in [1.54, 1.807) is 0 Å². The van der Waals surface area contributed by atoms with Gasteiger partial charge in [0.25, 0.3) is 0 Å². The molecule has 0 saturated carbocycles. The summed E-state index contributed by atoms with van der Waals surface area (Å²) in [6, 6.07) is 8.81. The standard InChI is InChI=1S/C9H6ClNO/c10-7-5-9(12)11-8-4-2-1-3-6(7)8/h1-5H,(H,11,12). The molecule has 0 radical (unpaired) electrons. The minimum Gasteiger partial charge on any atom is -0.322 e. The second-order valence-electron chi connectivity index (χ2n) is 2.53. The van der Waals surface area contributed by atoms with Crippen molar-refractivity contribution < 1.29 is 0 Å². The largest absolute Gasteiger partial charge is 0.322 e. The van der Waals surface area contributed by atoms with Gasteiger partial charge in [0.1, 0.15) is 0 Å². The highest BCUT2D eigenvalue weighted by molar-refractivity contribution is 6.35. The van der Waals surface area contributed by atoms with Gasteiger partial charge in [-0.2, -0.15) is 0 Å². The number of rotatable bonds is 0. The lowest BCUT2D eigenvalue weighted by Crippen LogP contribution is -2.02. The van der Waals surface area contributed by atoms with Crippen LogP contribution in [0.4, 0.5) is 0 Å². The highest BCUT2D eigenvalue weighted by atomic mass is 35.5. The van der Waals surface area contributed by atoms with E-state index in [0.717, 1.165) is 10.9 Å². The molecule has 0 aliphatic carbocycles. The first-order chi connectivity index (χ1) is 5.77. The molecule has 2 aromatic rings. The van der Waals surface area contributed by atoms with E-state index in [1.165, 1.54) is 6.07 Å². The number of para-hydroxylation sites is 1. The Labute approximate surface area is 73.8 Å². The van der Waals surface area contributed by atoms with Crippen molar-refractivity contribution in [3.8, 4) is 0 Å². The molecule has 0 saturated heterocycles. The third-order valence-electron chi connectivity index (χ3n) is 1.70. The van der Waals surface area contributed by atoms with Gasteiger partial charge in [-0.3, -0.25) is 4.79 Å². The topological polar surface area (TPSA) is 32.9 Å². The van der Waals surface area contributed by atoms with Crippen molar-refractivity contribution in [2.45, 2.75) is 0 Å². The quantitative estimate of drug-likeness (QED) is 0.661. The highest BCUT2D eigenvalue weighted by Crippen LogP contribution is 2.18. The number of nitrogens with one attached hydrogen (secondary N) is 1. The zero-order valence-electron chi connectivity index (χ0n) is 6.17. The van der Waals surface area contributed by atoms with Crippen molar-refractivity contribution >= 4 is 22.5 Å². The van der Waals surface area contributed by atoms with Crippen LogP contribution in [0.5, 0.6) is 0 Å². The van der Waals surface area contributed by atoms with E-state index >= 15 is 0 Å². The molecule has 60 valence electrons. The molecule has 12 heavy (non-hydrogen) atoms. The monoisotopic (exact) mass is 179 g/mol. The first-order valence-electron chi connectivity index (χ1n) is 3.55. The molecule has 1 aromatic heterocycles. The average molecular weight is 180 g/mol. The fourth-order valence-corrected chi connectivity index (χ4v) is 1.43. The Morgan fingerprint density at radius 1 is 1.25 bits per heavy atom. The fraction of sp³-hybridized carbons (Fsp3) is 0. The lowest BCUT2D eigenvalue weighted by molar-refractivity contribution is 1.31. The van der Waals surface area contributed by atoms with Crippen LogP contribution in [0.2, 0.25) is 5.02 Å². The maximum absolute atomic E-state index is 11.0. The lowest BCUT2D eigenvalue weighted by Gasteiger charge is -1.97. The summed E-state index contributed by atoms with van der Waals surface area (Å²) in [5.41, 5.74) is 0.605. The average Bonchev–Trinajstić information content (AvgIpc) is 2.04. The molecule has 1 aromatic carbocycles. The Balaban J connectivity index is 2.99. The van der Waals surface area contributed by atoms with Crippen LogP contribution < -0.4 is 5.56 Å². The zero-order valence-corrected chi connectivity index (χ0v) is 6.93. The minimum atomic E-state index is -0.168. The van der Waals surface area contributed by atoms with Gasteiger partial charge in [-0.15, -0.1) is 0 Å². The van der Waals surface area contributed by atoms with Gasteiger partial charge in [0.05, 0.1) is 5.02 Å². The Morgan fingerprint density at radius 2 is 2.00 bits per heavy atom.